The van der Waals surface area contributed by atoms with E-state index in [0.717, 1.165) is 16.7 Å². The average molecular weight is 385 g/mol. The lowest BCUT2D eigenvalue weighted by Crippen LogP contribution is -2.30. The Morgan fingerprint density at radius 1 is 0.964 bits per heavy atom. The number of halogens is 1. The van der Waals surface area contributed by atoms with Crippen molar-refractivity contribution in [2.45, 2.75) is 45.6 Å². The number of hydrogen-bond acceptors (Lipinski definition) is 2. The molecular weight excluding hydrogens is 357 g/mol. The smallest absolute Gasteiger partial charge is 0.309 e. The topological polar surface area (TPSA) is 66.4 Å². The zero-order valence-corrected chi connectivity index (χ0v) is 16.3. The van der Waals surface area contributed by atoms with Crippen molar-refractivity contribution in [2.24, 2.45) is 5.41 Å². The highest BCUT2D eigenvalue weighted by Crippen LogP contribution is 2.29. The SMILES string of the molecule is CC(CCCCF)(Cc1ccc(CC(=O)NCc2ccccc2)cc1)C(=O)O. The summed E-state index contributed by atoms with van der Waals surface area (Å²) in [5.74, 6) is -0.922. The average Bonchev–Trinajstić information content (AvgIpc) is 2.69. The number of nitrogens with one attached hydrogen (secondary N) is 1. The van der Waals surface area contributed by atoms with E-state index in [4.69, 9.17) is 0 Å². The van der Waals surface area contributed by atoms with E-state index in [9.17, 15) is 19.1 Å². The molecule has 1 amide bonds. The fourth-order valence-electron chi connectivity index (χ4n) is 3.15. The summed E-state index contributed by atoms with van der Waals surface area (Å²) in [6.45, 7) is 1.78. The molecule has 0 aliphatic carbocycles. The van der Waals surface area contributed by atoms with Crippen molar-refractivity contribution < 1.29 is 19.1 Å². The Morgan fingerprint density at radius 3 is 2.21 bits per heavy atom. The zero-order valence-electron chi connectivity index (χ0n) is 16.3. The molecule has 0 radical (unpaired) electrons. The molecule has 1 atom stereocenters. The van der Waals surface area contributed by atoms with Gasteiger partial charge in [0.05, 0.1) is 18.5 Å². The summed E-state index contributed by atoms with van der Waals surface area (Å²) in [5, 5.41) is 12.5. The monoisotopic (exact) mass is 385 g/mol. The number of carboxylic acids is 1. The van der Waals surface area contributed by atoms with Crippen LogP contribution in [0.25, 0.3) is 0 Å². The van der Waals surface area contributed by atoms with E-state index in [-0.39, 0.29) is 12.3 Å². The number of hydrogen-bond donors (Lipinski definition) is 2. The van der Waals surface area contributed by atoms with Gasteiger partial charge in [-0.05, 0) is 49.3 Å². The normalized spacial score (nSPS) is 12.9. The van der Waals surface area contributed by atoms with Crippen molar-refractivity contribution in [1.29, 1.82) is 0 Å². The molecule has 4 nitrogen and oxygen atoms in total. The van der Waals surface area contributed by atoms with Crippen molar-refractivity contribution in [2.75, 3.05) is 6.67 Å². The third-order valence-electron chi connectivity index (χ3n) is 4.94. The third-order valence-corrected chi connectivity index (χ3v) is 4.94. The molecule has 2 rings (SSSR count). The van der Waals surface area contributed by atoms with E-state index >= 15 is 0 Å². The Bertz CT molecular complexity index is 761. The lowest BCUT2D eigenvalue weighted by atomic mass is 9.79. The van der Waals surface area contributed by atoms with Crippen molar-refractivity contribution in [1.82, 2.24) is 5.32 Å². The van der Waals surface area contributed by atoms with E-state index in [2.05, 4.69) is 5.32 Å². The van der Waals surface area contributed by atoms with Gasteiger partial charge in [0, 0.05) is 6.54 Å². The Hall–Kier alpha value is -2.69. The highest BCUT2D eigenvalue weighted by Gasteiger charge is 2.32. The lowest BCUT2D eigenvalue weighted by molar-refractivity contribution is -0.148. The van der Waals surface area contributed by atoms with Gasteiger partial charge in [-0.2, -0.15) is 0 Å². The van der Waals surface area contributed by atoms with Gasteiger partial charge in [0.15, 0.2) is 0 Å². The van der Waals surface area contributed by atoms with Gasteiger partial charge in [-0.3, -0.25) is 14.0 Å². The van der Waals surface area contributed by atoms with Crippen LogP contribution in [-0.4, -0.2) is 23.7 Å². The minimum atomic E-state index is -0.913. The summed E-state index contributed by atoms with van der Waals surface area (Å²) in [5.41, 5.74) is 1.92. The zero-order chi connectivity index (χ0) is 20.4. The Labute approximate surface area is 165 Å². The lowest BCUT2D eigenvalue weighted by Gasteiger charge is -2.25. The predicted octanol–water partition coefficient (Wildman–Crippen LogP) is 4.32. The van der Waals surface area contributed by atoms with Crippen LogP contribution in [0.15, 0.2) is 54.6 Å². The molecule has 150 valence electrons. The molecule has 0 heterocycles. The number of amides is 1. The first-order chi connectivity index (χ1) is 13.4. The second-order valence-electron chi connectivity index (χ2n) is 7.44. The molecular formula is C23H28FNO3. The van der Waals surface area contributed by atoms with Crippen LogP contribution in [0.3, 0.4) is 0 Å². The van der Waals surface area contributed by atoms with E-state index < -0.39 is 18.1 Å². The first-order valence-electron chi connectivity index (χ1n) is 9.61. The molecule has 0 spiro atoms. The Morgan fingerprint density at radius 2 is 1.61 bits per heavy atom. The predicted molar refractivity (Wildman–Crippen MR) is 108 cm³/mol. The molecule has 0 saturated carbocycles. The molecule has 0 bridgehead atoms. The van der Waals surface area contributed by atoms with Gasteiger partial charge < -0.3 is 10.4 Å². The van der Waals surface area contributed by atoms with E-state index in [1.165, 1.54) is 0 Å². The molecule has 0 saturated heterocycles. The number of rotatable bonds is 11. The molecule has 0 aliphatic rings. The first kappa shape index (κ1) is 21.6. The highest BCUT2D eigenvalue weighted by molar-refractivity contribution is 5.78. The van der Waals surface area contributed by atoms with Crippen molar-refractivity contribution in [3.8, 4) is 0 Å². The maximum Gasteiger partial charge on any atom is 0.309 e. The fraction of sp³-hybridized carbons (Fsp3) is 0.391. The van der Waals surface area contributed by atoms with Crippen LogP contribution in [0.2, 0.25) is 0 Å². The molecule has 2 aromatic rings. The van der Waals surface area contributed by atoms with Crippen molar-refractivity contribution in [3.63, 3.8) is 0 Å². The van der Waals surface area contributed by atoms with Crippen LogP contribution in [0, 0.1) is 5.41 Å². The third kappa shape index (κ3) is 6.80. The number of benzene rings is 2. The van der Waals surface area contributed by atoms with Crippen LogP contribution < -0.4 is 5.32 Å². The Kier molecular flexibility index (Phi) is 8.18. The van der Waals surface area contributed by atoms with Crippen molar-refractivity contribution >= 4 is 11.9 Å². The summed E-state index contributed by atoms with van der Waals surface area (Å²) < 4.78 is 12.3. The summed E-state index contributed by atoms with van der Waals surface area (Å²) in [6.07, 6.45) is 2.05. The van der Waals surface area contributed by atoms with Crippen LogP contribution >= 0.6 is 0 Å². The number of alkyl halides is 1. The second-order valence-corrected chi connectivity index (χ2v) is 7.44. The van der Waals surface area contributed by atoms with Gasteiger partial charge in [0.1, 0.15) is 0 Å². The summed E-state index contributed by atoms with van der Waals surface area (Å²) in [4.78, 5) is 23.8. The molecule has 0 fully saturated rings. The van der Waals surface area contributed by atoms with Gasteiger partial charge in [-0.15, -0.1) is 0 Å². The summed E-state index contributed by atoms with van der Waals surface area (Å²) >= 11 is 0. The van der Waals surface area contributed by atoms with Gasteiger partial charge in [-0.25, -0.2) is 0 Å². The molecule has 0 aromatic heterocycles. The standard InChI is InChI=1S/C23H28FNO3/c1-23(22(27)28,13-5-6-14-24)16-19-11-9-18(10-12-19)15-21(26)25-17-20-7-3-2-4-8-20/h2-4,7-12H,5-6,13-17H2,1H3,(H,25,26)(H,27,28). The number of aliphatic carboxylic acids is 1. The number of carbonyl (C=O) groups excluding carboxylic acids is 1. The molecule has 28 heavy (non-hydrogen) atoms. The van der Waals surface area contributed by atoms with Gasteiger partial charge in [0.2, 0.25) is 5.91 Å². The maximum absolute atomic E-state index is 12.3. The maximum atomic E-state index is 12.3. The first-order valence-corrected chi connectivity index (χ1v) is 9.61. The van der Waals surface area contributed by atoms with Crippen LogP contribution in [0.1, 0.15) is 42.9 Å². The quantitative estimate of drug-likeness (QED) is 0.566. The summed E-state index contributed by atoms with van der Waals surface area (Å²) in [6, 6.07) is 17.2. The molecule has 1 unspecified atom stereocenters. The molecule has 2 N–H and O–H groups in total. The number of unbranched alkanes of at least 4 members (excludes halogenated alkanes) is 1. The van der Waals surface area contributed by atoms with Gasteiger partial charge >= 0.3 is 5.97 Å². The van der Waals surface area contributed by atoms with Gasteiger partial charge in [-0.1, -0.05) is 54.6 Å². The molecule has 5 heteroatoms. The van der Waals surface area contributed by atoms with E-state index in [1.807, 2.05) is 54.6 Å². The Balaban J connectivity index is 1.89. The van der Waals surface area contributed by atoms with Crippen LogP contribution in [0.4, 0.5) is 4.39 Å². The van der Waals surface area contributed by atoms with Gasteiger partial charge in [0.25, 0.3) is 0 Å². The van der Waals surface area contributed by atoms with E-state index in [1.54, 1.807) is 6.92 Å². The molecule has 2 aromatic carbocycles. The van der Waals surface area contributed by atoms with Crippen LogP contribution in [-0.2, 0) is 29.0 Å². The van der Waals surface area contributed by atoms with Crippen molar-refractivity contribution in [3.05, 3.63) is 71.3 Å². The number of carboxylic acid groups (broad SMARTS) is 1. The number of carbonyl (C=O) groups is 2. The fourth-order valence-corrected chi connectivity index (χ4v) is 3.15. The highest BCUT2D eigenvalue weighted by atomic mass is 19.1. The van der Waals surface area contributed by atoms with E-state index in [0.29, 0.717) is 32.2 Å². The largest absolute Gasteiger partial charge is 0.481 e. The summed E-state index contributed by atoms with van der Waals surface area (Å²) in [7, 11) is 0. The van der Waals surface area contributed by atoms with Crippen LogP contribution in [0.5, 0.6) is 0 Å². The minimum Gasteiger partial charge on any atom is -0.481 e. The second kappa shape index (κ2) is 10.6. The molecule has 0 aliphatic heterocycles. The minimum absolute atomic E-state index is 0.0572.